The highest BCUT2D eigenvalue weighted by molar-refractivity contribution is 6.30. The molecule has 1 aliphatic rings. The van der Waals surface area contributed by atoms with Crippen molar-refractivity contribution in [2.45, 2.75) is 38.3 Å². The lowest BCUT2D eigenvalue weighted by Gasteiger charge is -2.17. The van der Waals surface area contributed by atoms with Gasteiger partial charge in [0, 0.05) is 24.8 Å². The molecule has 0 radical (unpaired) electrons. The highest BCUT2D eigenvalue weighted by atomic mass is 35.5. The largest absolute Gasteiger partial charge is 0.487 e. The van der Waals surface area contributed by atoms with Crippen LogP contribution in [-0.2, 0) is 0 Å². The molecule has 1 aromatic rings. The van der Waals surface area contributed by atoms with Crippen LogP contribution in [0.4, 0.5) is 0 Å². The van der Waals surface area contributed by atoms with Gasteiger partial charge in [0.2, 0.25) is 0 Å². The average molecular weight is 241 g/mol. The summed E-state index contributed by atoms with van der Waals surface area (Å²) in [6, 6.07) is 2.52. The number of rotatable bonds is 6. The number of ether oxygens (including phenoxy) is 1. The maximum atomic E-state index is 5.85. The second kappa shape index (κ2) is 5.51. The molecular weight excluding hydrogens is 224 g/mol. The van der Waals surface area contributed by atoms with Crippen molar-refractivity contribution in [3.05, 3.63) is 23.5 Å². The Labute approximate surface area is 101 Å². The van der Waals surface area contributed by atoms with E-state index in [1.165, 1.54) is 12.8 Å². The van der Waals surface area contributed by atoms with Gasteiger partial charge in [-0.2, -0.15) is 0 Å². The number of aromatic nitrogens is 1. The van der Waals surface area contributed by atoms with Crippen molar-refractivity contribution in [1.82, 2.24) is 10.3 Å². The predicted octanol–water partition coefficient (Wildman–Crippen LogP) is 2.64. The molecule has 1 atom stereocenters. The summed E-state index contributed by atoms with van der Waals surface area (Å²) in [6.45, 7) is 3.02. The van der Waals surface area contributed by atoms with Gasteiger partial charge in [-0.15, -0.1) is 0 Å². The Hall–Kier alpha value is -0.800. The summed E-state index contributed by atoms with van der Waals surface area (Å²) >= 11 is 5.85. The Kier molecular flexibility index (Phi) is 4.02. The number of pyridine rings is 1. The summed E-state index contributed by atoms with van der Waals surface area (Å²) in [6.07, 6.45) is 7.08. The van der Waals surface area contributed by atoms with Crippen LogP contribution in [0.25, 0.3) is 0 Å². The van der Waals surface area contributed by atoms with Gasteiger partial charge in [0.25, 0.3) is 0 Å². The van der Waals surface area contributed by atoms with Gasteiger partial charge in [-0.05, 0) is 19.3 Å². The van der Waals surface area contributed by atoms with Gasteiger partial charge in [0.1, 0.15) is 11.9 Å². The van der Waals surface area contributed by atoms with Crippen LogP contribution in [0.5, 0.6) is 5.75 Å². The van der Waals surface area contributed by atoms with Gasteiger partial charge in [0.15, 0.2) is 0 Å². The smallest absolute Gasteiger partial charge is 0.139 e. The minimum Gasteiger partial charge on any atom is -0.487 e. The molecule has 1 N–H and O–H groups in total. The van der Waals surface area contributed by atoms with E-state index < -0.39 is 0 Å². The summed E-state index contributed by atoms with van der Waals surface area (Å²) in [5.74, 6) is 0.747. The third-order valence-electron chi connectivity index (χ3n) is 2.65. The fourth-order valence-corrected chi connectivity index (χ4v) is 1.67. The fourth-order valence-electron chi connectivity index (χ4n) is 1.50. The minimum absolute atomic E-state index is 0.195. The topological polar surface area (TPSA) is 34.1 Å². The van der Waals surface area contributed by atoms with E-state index >= 15 is 0 Å². The zero-order valence-electron chi connectivity index (χ0n) is 9.45. The Morgan fingerprint density at radius 3 is 3.00 bits per heavy atom. The molecule has 0 bridgehead atoms. The average Bonchev–Trinajstić information content (AvgIpc) is 3.08. The molecule has 0 saturated heterocycles. The standard InChI is InChI=1S/C12H17ClN2O/c1-2-11(8-15-10-3-4-10)16-12-5-9(13)6-14-7-12/h5-7,10-11,15H,2-4,8H2,1H3. The van der Waals surface area contributed by atoms with Gasteiger partial charge in [-0.25, -0.2) is 0 Å². The van der Waals surface area contributed by atoms with Crippen molar-refractivity contribution < 1.29 is 4.74 Å². The molecule has 3 nitrogen and oxygen atoms in total. The Balaban J connectivity index is 1.84. The Bertz CT molecular complexity index is 342. The molecule has 1 heterocycles. The fraction of sp³-hybridized carbons (Fsp3) is 0.583. The Morgan fingerprint density at radius 1 is 1.56 bits per heavy atom. The lowest BCUT2D eigenvalue weighted by Crippen LogP contribution is -2.32. The monoisotopic (exact) mass is 240 g/mol. The van der Waals surface area contributed by atoms with Crippen molar-refractivity contribution in [3.63, 3.8) is 0 Å². The second-order valence-electron chi connectivity index (χ2n) is 4.17. The maximum Gasteiger partial charge on any atom is 0.139 e. The SMILES string of the molecule is CCC(CNC1CC1)Oc1cncc(Cl)c1. The van der Waals surface area contributed by atoms with Crippen LogP contribution >= 0.6 is 11.6 Å². The minimum atomic E-state index is 0.195. The van der Waals surface area contributed by atoms with E-state index in [2.05, 4.69) is 17.2 Å². The molecule has 1 fully saturated rings. The van der Waals surface area contributed by atoms with Gasteiger partial charge in [-0.1, -0.05) is 18.5 Å². The van der Waals surface area contributed by atoms with Gasteiger partial charge < -0.3 is 10.1 Å². The highest BCUT2D eigenvalue weighted by Gasteiger charge is 2.21. The molecule has 0 spiro atoms. The summed E-state index contributed by atoms with van der Waals surface area (Å²) in [5.41, 5.74) is 0. The third kappa shape index (κ3) is 3.65. The Morgan fingerprint density at radius 2 is 2.38 bits per heavy atom. The quantitative estimate of drug-likeness (QED) is 0.830. The van der Waals surface area contributed by atoms with Gasteiger partial charge in [0.05, 0.1) is 11.2 Å². The number of halogens is 1. The number of nitrogens with one attached hydrogen (secondary N) is 1. The summed E-state index contributed by atoms with van der Waals surface area (Å²) < 4.78 is 5.81. The van der Waals surface area contributed by atoms with E-state index in [9.17, 15) is 0 Å². The zero-order valence-corrected chi connectivity index (χ0v) is 10.2. The number of nitrogens with zero attached hydrogens (tertiary/aromatic N) is 1. The lowest BCUT2D eigenvalue weighted by molar-refractivity contribution is 0.192. The first-order valence-electron chi connectivity index (χ1n) is 5.78. The molecule has 0 aliphatic heterocycles. The zero-order chi connectivity index (χ0) is 11.4. The first kappa shape index (κ1) is 11.7. The molecule has 1 unspecified atom stereocenters. The van der Waals surface area contributed by atoms with Crippen molar-refractivity contribution in [2.75, 3.05) is 6.54 Å². The van der Waals surface area contributed by atoms with E-state index in [-0.39, 0.29) is 6.10 Å². The molecule has 0 aromatic carbocycles. The van der Waals surface area contributed by atoms with E-state index in [4.69, 9.17) is 16.3 Å². The van der Waals surface area contributed by atoms with E-state index in [1.54, 1.807) is 18.5 Å². The molecule has 2 rings (SSSR count). The maximum absolute atomic E-state index is 5.85. The van der Waals surface area contributed by atoms with Crippen LogP contribution in [0.15, 0.2) is 18.5 Å². The number of hydrogen-bond donors (Lipinski definition) is 1. The highest BCUT2D eigenvalue weighted by Crippen LogP contribution is 2.20. The molecule has 1 saturated carbocycles. The molecule has 1 aliphatic carbocycles. The third-order valence-corrected chi connectivity index (χ3v) is 2.86. The molecule has 4 heteroatoms. The van der Waals surface area contributed by atoms with Crippen LogP contribution in [0.3, 0.4) is 0 Å². The van der Waals surface area contributed by atoms with E-state index in [1.807, 2.05) is 0 Å². The van der Waals surface area contributed by atoms with Gasteiger partial charge >= 0.3 is 0 Å². The van der Waals surface area contributed by atoms with Crippen molar-refractivity contribution in [1.29, 1.82) is 0 Å². The molecule has 0 amide bonds. The normalized spacial score (nSPS) is 17.1. The van der Waals surface area contributed by atoms with Crippen molar-refractivity contribution in [2.24, 2.45) is 0 Å². The lowest BCUT2D eigenvalue weighted by atomic mass is 10.2. The predicted molar refractivity (Wildman–Crippen MR) is 65.0 cm³/mol. The summed E-state index contributed by atoms with van der Waals surface area (Å²) in [5, 5.41) is 4.08. The van der Waals surface area contributed by atoms with Crippen LogP contribution in [0, 0.1) is 0 Å². The van der Waals surface area contributed by atoms with E-state index in [0.717, 1.165) is 24.8 Å². The van der Waals surface area contributed by atoms with E-state index in [0.29, 0.717) is 5.02 Å². The molecule has 1 aromatic heterocycles. The number of hydrogen-bond acceptors (Lipinski definition) is 3. The van der Waals surface area contributed by atoms with Crippen molar-refractivity contribution in [3.8, 4) is 5.75 Å². The molecule has 88 valence electrons. The second-order valence-corrected chi connectivity index (χ2v) is 4.61. The van der Waals surface area contributed by atoms with Crippen LogP contribution in [0.1, 0.15) is 26.2 Å². The van der Waals surface area contributed by atoms with Crippen LogP contribution < -0.4 is 10.1 Å². The first-order valence-corrected chi connectivity index (χ1v) is 6.16. The van der Waals surface area contributed by atoms with Crippen LogP contribution in [0.2, 0.25) is 5.02 Å². The van der Waals surface area contributed by atoms with Crippen molar-refractivity contribution >= 4 is 11.6 Å². The molecule has 16 heavy (non-hydrogen) atoms. The summed E-state index contributed by atoms with van der Waals surface area (Å²) in [7, 11) is 0. The van der Waals surface area contributed by atoms with Gasteiger partial charge in [-0.3, -0.25) is 4.98 Å². The molecular formula is C12H17ClN2O. The summed E-state index contributed by atoms with van der Waals surface area (Å²) in [4.78, 5) is 4.00. The van der Waals surface area contributed by atoms with Crippen LogP contribution in [-0.4, -0.2) is 23.7 Å². The first-order chi connectivity index (χ1) is 7.78.